The zero-order valence-electron chi connectivity index (χ0n) is 11.9. The molecular weight excluding hydrogens is 286 g/mol. The highest BCUT2D eigenvalue weighted by atomic mass is 32.2. The Bertz CT molecular complexity index is 643. The van der Waals surface area contributed by atoms with E-state index in [0.717, 1.165) is 10.5 Å². The van der Waals surface area contributed by atoms with E-state index in [1.165, 1.54) is 24.9 Å². The summed E-state index contributed by atoms with van der Waals surface area (Å²) in [5.74, 6) is 0.578. The number of amides is 1. The number of nitrogens with one attached hydrogen (secondary N) is 1. The van der Waals surface area contributed by atoms with Crippen molar-refractivity contribution in [3.8, 4) is 11.5 Å². The molecule has 0 atom stereocenters. The molecule has 4 nitrogen and oxygen atoms in total. The van der Waals surface area contributed by atoms with Gasteiger partial charge in [-0.2, -0.15) is 0 Å². The molecule has 2 rings (SSSR count). The summed E-state index contributed by atoms with van der Waals surface area (Å²) >= 11 is 1.49. The number of thioether (sulfide) groups is 1. The van der Waals surface area contributed by atoms with Gasteiger partial charge in [0.05, 0.1) is 12.9 Å². The highest BCUT2D eigenvalue weighted by Gasteiger charge is 2.07. The number of ether oxygens (including phenoxy) is 1. The smallest absolute Gasteiger partial charge is 0.234 e. The van der Waals surface area contributed by atoms with Gasteiger partial charge in [0.15, 0.2) is 11.5 Å². The Morgan fingerprint density at radius 2 is 2.05 bits per heavy atom. The Labute approximate surface area is 128 Å². The molecule has 0 radical (unpaired) electrons. The highest BCUT2D eigenvalue weighted by molar-refractivity contribution is 8.00. The van der Waals surface area contributed by atoms with Crippen LogP contribution in [0.5, 0.6) is 11.5 Å². The molecule has 1 amide bonds. The average Bonchev–Trinajstić information content (AvgIpc) is 2.46. The van der Waals surface area contributed by atoms with E-state index < -0.39 is 0 Å². The van der Waals surface area contributed by atoms with Crippen LogP contribution in [0.4, 0.5) is 5.69 Å². The molecule has 0 fully saturated rings. The van der Waals surface area contributed by atoms with E-state index in [0.29, 0.717) is 17.2 Å². The number of carbonyl (C=O) groups is 1. The van der Waals surface area contributed by atoms with Crippen LogP contribution in [0, 0.1) is 6.92 Å². The molecule has 5 heteroatoms. The average molecular weight is 303 g/mol. The maximum atomic E-state index is 11.9. The van der Waals surface area contributed by atoms with Gasteiger partial charge in [-0.3, -0.25) is 4.79 Å². The van der Waals surface area contributed by atoms with Gasteiger partial charge in [-0.05, 0) is 30.7 Å². The second kappa shape index (κ2) is 7.04. The van der Waals surface area contributed by atoms with Crippen molar-refractivity contribution in [1.29, 1.82) is 0 Å². The third-order valence-electron chi connectivity index (χ3n) is 2.91. The molecule has 0 bridgehead atoms. The summed E-state index contributed by atoms with van der Waals surface area (Å²) in [7, 11) is 1.48. The number of phenolic OH excluding ortho intramolecular Hbond substituents is 1. The van der Waals surface area contributed by atoms with Crippen molar-refractivity contribution in [1.82, 2.24) is 0 Å². The van der Waals surface area contributed by atoms with Gasteiger partial charge < -0.3 is 15.2 Å². The molecule has 2 N–H and O–H groups in total. The van der Waals surface area contributed by atoms with Gasteiger partial charge in [0.2, 0.25) is 5.91 Å². The van der Waals surface area contributed by atoms with E-state index in [1.54, 1.807) is 12.1 Å². The minimum atomic E-state index is -0.118. The second-order valence-corrected chi connectivity index (χ2v) is 5.51. The first-order valence-electron chi connectivity index (χ1n) is 6.45. The first-order chi connectivity index (χ1) is 10.1. The number of benzene rings is 2. The van der Waals surface area contributed by atoms with Crippen molar-refractivity contribution < 1.29 is 14.6 Å². The normalized spacial score (nSPS) is 10.2. The summed E-state index contributed by atoms with van der Waals surface area (Å²) in [6.45, 7) is 2.02. The van der Waals surface area contributed by atoms with Crippen LogP contribution in [0.25, 0.3) is 0 Å². The zero-order chi connectivity index (χ0) is 15.2. The summed E-state index contributed by atoms with van der Waals surface area (Å²) in [6, 6.07) is 12.7. The molecule has 0 unspecified atom stereocenters. The highest BCUT2D eigenvalue weighted by Crippen LogP contribution is 2.29. The Kier molecular flexibility index (Phi) is 5.11. The van der Waals surface area contributed by atoms with Gasteiger partial charge in [0.25, 0.3) is 0 Å². The predicted molar refractivity (Wildman–Crippen MR) is 85.2 cm³/mol. The lowest BCUT2D eigenvalue weighted by Gasteiger charge is -2.08. The van der Waals surface area contributed by atoms with E-state index in [2.05, 4.69) is 5.32 Å². The van der Waals surface area contributed by atoms with Crippen molar-refractivity contribution in [3.05, 3.63) is 48.0 Å². The Balaban J connectivity index is 1.93. The molecule has 21 heavy (non-hydrogen) atoms. The van der Waals surface area contributed by atoms with E-state index in [4.69, 9.17) is 4.74 Å². The number of hydrogen-bond donors (Lipinski definition) is 2. The summed E-state index contributed by atoms with van der Waals surface area (Å²) in [5, 5.41) is 12.4. The van der Waals surface area contributed by atoms with Gasteiger partial charge >= 0.3 is 0 Å². The second-order valence-electron chi connectivity index (χ2n) is 4.49. The number of methoxy groups -OCH3 is 1. The van der Waals surface area contributed by atoms with Crippen LogP contribution in [0.3, 0.4) is 0 Å². The monoisotopic (exact) mass is 303 g/mol. The lowest BCUT2D eigenvalue weighted by atomic mass is 10.2. The minimum Gasteiger partial charge on any atom is -0.504 e. The third-order valence-corrected chi connectivity index (χ3v) is 4.09. The molecule has 0 aliphatic rings. The number of anilines is 1. The molecule has 0 saturated carbocycles. The minimum absolute atomic E-state index is 0.00172. The number of phenols is 1. The quantitative estimate of drug-likeness (QED) is 0.831. The van der Waals surface area contributed by atoms with Crippen molar-refractivity contribution in [2.24, 2.45) is 0 Å². The Morgan fingerprint density at radius 3 is 2.71 bits per heavy atom. The van der Waals surface area contributed by atoms with Crippen LogP contribution in [0.15, 0.2) is 47.4 Å². The van der Waals surface area contributed by atoms with E-state index in [-0.39, 0.29) is 11.7 Å². The van der Waals surface area contributed by atoms with Crippen LogP contribution in [-0.4, -0.2) is 23.9 Å². The Hall–Kier alpha value is -2.14. The molecule has 0 aliphatic heterocycles. The summed E-state index contributed by atoms with van der Waals surface area (Å²) in [4.78, 5) is 13.0. The van der Waals surface area contributed by atoms with Crippen molar-refractivity contribution >= 4 is 23.4 Å². The summed E-state index contributed by atoms with van der Waals surface area (Å²) in [5.41, 5.74) is 1.70. The first kappa shape index (κ1) is 15.3. The maximum absolute atomic E-state index is 11.9. The van der Waals surface area contributed by atoms with E-state index >= 15 is 0 Å². The van der Waals surface area contributed by atoms with Gasteiger partial charge in [-0.15, -0.1) is 11.8 Å². The molecule has 2 aromatic carbocycles. The maximum Gasteiger partial charge on any atom is 0.234 e. The molecular formula is C16H17NO3S. The number of aromatic hydroxyl groups is 1. The van der Waals surface area contributed by atoms with Gasteiger partial charge in [-0.25, -0.2) is 0 Å². The fourth-order valence-corrected chi connectivity index (χ4v) is 2.66. The number of hydrogen-bond acceptors (Lipinski definition) is 4. The summed E-state index contributed by atoms with van der Waals surface area (Å²) < 4.78 is 4.96. The van der Waals surface area contributed by atoms with Crippen molar-refractivity contribution in [2.75, 3.05) is 18.2 Å². The summed E-state index contributed by atoms with van der Waals surface area (Å²) in [6.07, 6.45) is 0. The largest absolute Gasteiger partial charge is 0.504 e. The number of carbonyl (C=O) groups excluding carboxylic acids is 1. The predicted octanol–water partition coefficient (Wildman–Crippen LogP) is 3.44. The van der Waals surface area contributed by atoms with Crippen LogP contribution in [0.1, 0.15) is 5.56 Å². The molecule has 0 aromatic heterocycles. The van der Waals surface area contributed by atoms with E-state index in [1.807, 2.05) is 31.2 Å². The third kappa shape index (κ3) is 4.16. The van der Waals surface area contributed by atoms with Crippen molar-refractivity contribution in [3.63, 3.8) is 0 Å². The van der Waals surface area contributed by atoms with Crippen LogP contribution in [0.2, 0.25) is 0 Å². The first-order valence-corrected chi connectivity index (χ1v) is 7.44. The SMILES string of the molecule is COc1ccc(NC(=O)CSc2ccccc2C)cc1O. The molecule has 0 saturated heterocycles. The van der Waals surface area contributed by atoms with Gasteiger partial charge in [0.1, 0.15) is 0 Å². The zero-order valence-corrected chi connectivity index (χ0v) is 12.7. The lowest BCUT2D eigenvalue weighted by Crippen LogP contribution is -2.14. The van der Waals surface area contributed by atoms with Crippen molar-refractivity contribution in [2.45, 2.75) is 11.8 Å². The molecule has 0 heterocycles. The van der Waals surface area contributed by atoms with Crippen LogP contribution in [-0.2, 0) is 4.79 Å². The lowest BCUT2D eigenvalue weighted by molar-refractivity contribution is -0.113. The molecule has 2 aromatic rings. The van der Waals surface area contributed by atoms with E-state index in [9.17, 15) is 9.90 Å². The molecule has 0 aliphatic carbocycles. The standard InChI is InChI=1S/C16H17NO3S/c1-11-5-3-4-6-15(11)21-10-16(19)17-12-7-8-14(20-2)13(18)9-12/h3-9,18H,10H2,1-2H3,(H,17,19). The fraction of sp³-hybridized carbons (Fsp3) is 0.188. The van der Waals surface area contributed by atoms with Crippen LogP contribution >= 0.6 is 11.8 Å². The molecule has 0 spiro atoms. The fourth-order valence-electron chi connectivity index (χ4n) is 1.83. The Morgan fingerprint density at radius 1 is 1.29 bits per heavy atom. The topological polar surface area (TPSA) is 58.6 Å². The number of aryl methyl sites for hydroxylation is 1. The van der Waals surface area contributed by atoms with Crippen LogP contribution < -0.4 is 10.1 Å². The van der Waals surface area contributed by atoms with Gasteiger partial charge in [-0.1, -0.05) is 18.2 Å². The van der Waals surface area contributed by atoms with Gasteiger partial charge in [0, 0.05) is 16.6 Å². The number of rotatable bonds is 5. The molecule has 110 valence electrons.